The quantitative estimate of drug-likeness (QED) is 0.769. The average molecular weight is 359 g/mol. The van der Waals surface area contributed by atoms with Crippen molar-refractivity contribution in [1.82, 2.24) is 5.32 Å². The lowest BCUT2D eigenvalue weighted by atomic mass is 9.89. The van der Waals surface area contributed by atoms with Crippen LogP contribution in [0.2, 0.25) is 0 Å². The Hall–Kier alpha value is -1.77. The van der Waals surface area contributed by atoms with E-state index in [-0.39, 0.29) is 18.6 Å². The van der Waals surface area contributed by atoms with Crippen LogP contribution in [0.15, 0.2) is 18.2 Å². The summed E-state index contributed by atoms with van der Waals surface area (Å²) in [4.78, 5) is 12.1. The molecule has 25 heavy (non-hydrogen) atoms. The van der Waals surface area contributed by atoms with Crippen molar-refractivity contribution in [3.05, 3.63) is 35.4 Å². The summed E-state index contributed by atoms with van der Waals surface area (Å²) in [6.45, 7) is 4.33. The van der Waals surface area contributed by atoms with Crippen molar-refractivity contribution in [2.24, 2.45) is 0 Å². The highest BCUT2D eigenvalue weighted by molar-refractivity contribution is 5.68. The number of aliphatic hydroxyl groups excluding tert-OH is 1. The summed E-state index contributed by atoms with van der Waals surface area (Å²) in [6, 6.07) is 2.88. The van der Waals surface area contributed by atoms with Gasteiger partial charge in [0.1, 0.15) is 29.4 Å². The van der Waals surface area contributed by atoms with Crippen LogP contribution in [0, 0.1) is 11.6 Å². The lowest BCUT2D eigenvalue weighted by Gasteiger charge is -2.40. The Labute approximate surface area is 144 Å². The van der Waals surface area contributed by atoms with E-state index in [2.05, 4.69) is 5.32 Å². The zero-order valence-corrected chi connectivity index (χ0v) is 14.4. The van der Waals surface area contributed by atoms with Gasteiger partial charge in [0.25, 0.3) is 0 Å². The van der Waals surface area contributed by atoms with E-state index in [1.807, 2.05) is 0 Å². The molecule has 0 radical (unpaired) electrons. The maximum absolute atomic E-state index is 14.1. The van der Waals surface area contributed by atoms with Crippen molar-refractivity contribution >= 4 is 6.09 Å². The Bertz CT molecular complexity index is 634. The maximum atomic E-state index is 14.1. The average Bonchev–Trinajstić information content (AvgIpc) is 2.48. The van der Waals surface area contributed by atoms with Gasteiger partial charge >= 0.3 is 6.09 Å². The Balaban J connectivity index is 2.27. The van der Waals surface area contributed by atoms with Crippen LogP contribution in [-0.4, -0.2) is 46.8 Å². The van der Waals surface area contributed by atoms with E-state index in [0.29, 0.717) is 0 Å². The van der Waals surface area contributed by atoms with Crippen LogP contribution in [0.4, 0.5) is 13.6 Å². The third kappa shape index (κ3) is 5.10. The molecule has 1 saturated heterocycles. The predicted molar refractivity (Wildman–Crippen MR) is 84.9 cm³/mol. The van der Waals surface area contributed by atoms with E-state index >= 15 is 0 Å². The zero-order valence-electron chi connectivity index (χ0n) is 14.4. The molecule has 1 heterocycles. The van der Waals surface area contributed by atoms with Crippen LogP contribution in [0.3, 0.4) is 0 Å². The van der Waals surface area contributed by atoms with Crippen molar-refractivity contribution in [1.29, 1.82) is 0 Å². The number of hydrogen-bond acceptors (Lipinski definition) is 5. The van der Waals surface area contributed by atoms with Gasteiger partial charge in [0.2, 0.25) is 0 Å². The van der Waals surface area contributed by atoms with E-state index in [4.69, 9.17) is 9.47 Å². The molecule has 6 nitrogen and oxygen atoms in total. The van der Waals surface area contributed by atoms with Gasteiger partial charge in [0.05, 0.1) is 13.2 Å². The molecule has 140 valence electrons. The van der Waals surface area contributed by atoms with Crippen molar-refractivity contribution in [3.63, 3.8) is 0 Å². The summed E-state index contributed by atoms with van der Waals surface area (Å²) in [6.07, 6.45) is -3.18. The monoisotopic (exact) mass is 359 g/mol. The van der Waals surface area contributed by atoms with Crippen molar-refractivity contribution < 1.29 is 33.3 Å². The normalized spacial score (nSPS) is 27.0. The van der Waals surface area contributed by atoms with Gasteiger partial charge < -0.3 is 25.0 Å². The molecular weight excluding hydrogens is 336 g/mol. The molecule has 0 saturated carbocycles. The van der Waals surface area contributed by atoms with E-state index in [1.165, 1.54) is 0 Å². The molecule has 1 unspecified atom stereocenters. The number of carbonyl (C=O) groups excluding carboxylic acids is 1. The number of carbonyl (C=O) groups is 1. The molecule has 1 amide bonds. The molecule has 1 fully saturated rings. The second-order valence-electron chi connectivity index (χ2n) is 7.30. The lowest BCUT2D eigenvalue weighted by Crippen LogP contribution is -2.51. The van der Waals surface area contributed by atoms with Gasteiger partial charge in [-0.3, -0.25) is 0 Å². The molecule has 1 aromatic carbocycles. The Morgan fingerprint density at radius 1 is 1.44 bits per heavy atom. The van der Waals surface area contributed by atoms with Gasteiger partial charge in [-0.05, 0) is 39.0 Å². The molecule has 3 atom stereocenters. The first-order valence-corrected chi connectivity index (χ1v) is 7.92. The third-order valence-corrected chi connectivity index (χ3v) is 3.74. The lowest BCUT2D eigenvalue weighted by molar-refractivity contribution is -0.186. The number of aliphatic hydroxyl groups is 2. The molecule has 0 bridgehead atoms. The molecule has 2 rings (SSSR count). The number of hydrogen-bond donors (Lipinski definition) is 3. The number of nitrogens with one attached hydrogen (secondary N) is 1. The number of halogens is 2. The highest BCUT2D eigenvalue weighted by atomic mass is 19.1. The summed E-state index contributed by atoms with van der Waals surface area (Å²) in [7, 11) is 0. The fourth-order valence-electron chi connectivity index (χ4n) is 2.60. The molecule has 1 aliphatic rings. The molecule has 0 aromatic heterocycles. The summed E-state index contributed by atoms with van der Waals surface area (Å²) in [5.41, 5.74) is -2.32. The van der Waals surface area contributed by atoms with E-state index in [1.54, 1.807) is 20.8 Å². The Kier molecular flexibility index (Phi) is 5.65. The minimum Gasteiger partial charge on any atom is -0.443 e. The molecule has 0 aliphatic carbocycles. The van der Waals surface area contributed by atoms with Gasteiger partial charge in [-0.1, -0.05) is 0 Å². The number of amides is 1. The van der Waals surface area contributed by atoms with E-state index < -0.39 is 47.7 Å². The molecule has 1 aromatic rings. The standard InChI is InChI=1S/C17H23F2NO5/c1-16(2,3)20-15(22)25-13-7-17(23,8-21)9-24-14(13)11-6-10(18)4-5-12(11)19/h4-6,13-14,21,23H,7-9H2,1-3H3,(H,20,22)/t13-,14+,17?/m0/s1. The first-order chi connectivity index (χ1) is 11.5. The number of alkyl carbamates (subject to hydrolysis) is 1. The van der Waals surface area contributed by atoms with E-state index in [9.17, 15) is 23.8 Å². The number of rotatable bonds is 3. The largest absolute Gasteiger partial charge is 0.443 e. The van der Waals surface area contributed by atoms with Crippen molar-refractivity contribution in [2.45, 2.75) is 50.5 Å². The second-order valence-corrected chi connectivity index (χ2v) is 7.30. The predicted octanol–water partition coefficient (Wildman–Crippen LogP) is 2.04. The Morgan fingerprint density at radius 3 is 2.72 bits per heavy atom. The fraction of sp³-hybridized carbons (Fsp3) is 0.588. The van der Waals surface area contributed by atoms with Crippen LogP contribution in [0.1, 0.15) is 38.9 Å². The maximum Gasteiger partial charge on any atom is 0.407 e. The third-order valence-electron chi connectivity index (χ3n) is 3.74. The first kappa shape index (κ1) is 19.6. The van der Waals surface area contributed by atoms with Gasteiger partial charge in [-0.2, -0.15) is 0 Å². The van der Waals surface area contributed by atoms with Gasteiger partial charge in [0.15, 0.2) is 0 Å². The van der Waals surface area contributed by atoms with Crippen LogP contribution in [0.5, 0.6) is 0 Å². The number of ether oxygens (including phenoxy) is 2. The summed E-state index contributed by atoms with van der Waals surface area (Å²) in [5.74, 6) is -1.38. The topological polar surface area (TPSA) is 88.0 Å². The van der Waals surface area contributed by atoms with Crippen molar-refractivity contribution in [2.75, 3.05) is 13.2 Å². The molecule has 3 N–H and O–H groups in total. The van der Waals surface area contributed by atoms with Crippen LogP contribution in [-0.2, 0) is 9.47 Å². The van der Waals surface area contributed by atoms with Gasteiger partial charge in [-0.25, -0.2) is 13.6 Å². The SMILES string of the molecule is CC(C)(C)NC(=O)O[C@H]1CC(O)(CO)CO[C@@H]1c1cc(F)ccc1F. The summed E-state index contributed by atoms with van der Waals surface area (Å²) in [5, 5.41) is 22.1. The summed E-state index contributed by atoms with van der Waals surface area (Å²) < 4.78 is 38.3. The van der Waals surface area contributed by atoms with Crippen LogP contribution >= 0.6 is 0 Å². The van der Waals surface area contributed by atoms with E-state index in [0.717, 1.165) is 18.2 Å². The molecule has 1 aliphatic heterocycles. The second kappa shape index (κ2) is 7.23. The fourth-order valence-corrected chi connectivity index (χ4v) is 2.60. The first-order valence-electron chi connectivity index (χ1n) is 7.92. The minimum absolute atomic E-state index is 0.117. The smallest absolute Gasteiger partial charge is 0.407 e. The summed E-state index contributed by atoms with van der Waals surface area (Å²) >= 11 is 0. The van der Waals surface area contributed by atoms with Gasteiger partial charge in [0, 0.05) is 17.5 Å². The highest BCUT2D eigenvalue weighted by Crippen LogP contribution is 2.36. The van der Waals surface area contributed by atoms with Crippen LogP contribution in [0.25, 0.3) is 0 Å². The molecule has 8 heteroatoms. The van der Waals surface area contributed by atoms with Gasteiger partial charge in [-0.15, -0.1) is 0 Å². The molecular formula is C17H23F2NO5. The Morgan fingerprint density at radius 2 is 2.12 bits per heavy atom. The van der Waals surface area contributed by atoms with Crippen LogP contribution < -0.4 is 5.32 Å². The molecule has 0 spiro atoms. The van der Waals surface area contributed by atoms with Crippen molar-refractivity contribution in [3.8, 4) is 0 Å². The zero-order chi connectivity index (χ0) is 18.8. The highest BCUT2D eigenvalue weighted by Gasteiger charge is 2.44. The minimum atomic E-state index is -1.63. The number of benzene rings is 1.